The highest BCUT2D eigenvalue weighted by atomic mass is 79.9. The van der Waals surface area contributed by atoms with E-state index >= 15 is 0 Å². The average molecular weight is 451 g/mol. The Bertz CT molecular complexity index is 1170. The van der Waals surface area contributed by atoms with Crippen molar-refractivity contribution in [2.75, 3.05) is 5.32 Å². The zero-order chi connectivity index (χ0) is 20.4. The van der Waals surface area contributed by atoms with Crippen molar-refractivity contribution in [1.29, 1.82) is 0 Å². The van der Waals surface area contributed by atoms with E-state index in [0.717, 1.165) is 10.0 Å². The quantitative estimate of drug-likeness (QED) is 0.401. The van der Waals surface area contributed by atoms with Gasteiger partial charge in [0.1, 0.15) is 11.3 Å². The predicted molar refractivity (Wildman–Crippen MR) is 117 cm³/mol. The van der Waals surface area contributed by atoms with E-state index in [0.29, 0.717) is 28.4 Å². The van der Waals surface area contributed by atoms with E-state index in [1.54, 1.807) is 32.0 Å². The summed E-state index contributed by atoms with van der Waals surface area (Å²) in [6.07, 6.45) is 0. The molecule has 0 saturated carbocycles. The summed E-state index contributed by atoms with van der Waals surface area (Å²) >= 11 is 3.46. The van der Waals surface area contributed by atoms with Crippen LogP contribution < -0.4 is 10.1 Å². The molecule has 0 fully saturated rings. The number of fused-ring (bicyclic) bond motifs is 1. The highest BCUT2D eigenvalue weighted by Gasteiger charge is 2.30. The fraction of sp³-hybridized carbons (Fsp3) is 0.130. The van der Waals surface area contributed by atoms with Crippen molar-refractivity contribution in [2.24, 2.45) is 0 Å². The van der Waals surface area contributed by atoms with E-state index in [4.69, 9.17) is 9.15 Å². The highest BCUT2D eigenvalue weighted by Crippen LogP contribution is 2.28. The van der Waals surface area contributed by atoms with Crippen molar-refractivity contribution in [3.8, 4) is 17.2 Å². The van der Waals surface area contributed by atoms with Crippen LogP contribution in [-0.4, -0.2) is 16.5 Å². The summed E-state index contributed by atoms with van der Waals surface area (Å²) in [7, 11) is 0. The second-order valence-electron chi connectivity index (χ2n) is 7.09. The number of ether oxygens (including phenoxy) is 1. The number of amides is 1. The van der Waals surface area contributed by atoms with Gasteiger partial charge < -0.3 is 14.5 Å². The minimum atomic E-state index is -1.04. The number of nitrogens with one attached hydrogen (secondary N) is 1. The van der Waals surface area contributed by atoms with Crippen LogP contribution in [0.4, 0.5) is 5.69 Å². The molecule has 0 saturated heterocycles. The maximum atomic E-state index is 12.8. The first kappa shape index (κ1) is 19.2. The Morgan fingerprint density at radius 2 is 1.83 bits per heavy atom. The van der Waals surface area contributed by atoms with E-state index in [2.05, 4.69) is 26.2 Å². The number of rotatable bonds is 5. The lowest BCUT2D eigenvalue weighted by Crippen LogP contribution is -2.42. The van der Waals surface area contributed by atoms with Gasteiger partial charge in [-0.2, -0.15) is 0 Å². The maximum Gasteiger partial charge on any atom is 0.267 e. The molecule has 1 amide bonds. The van der Waals surface area contributed by atoms with Crippen LogP contribution in [0.2, 0.25) is 0 Å². The summed E-state index contributed by atoms with van der Waals surface area (Å²) in [5, 5.41) is 2.90. The molecule has 6 heteroatoms. The van der Waals surface area contributed by atoms with Crippen molar-refractivity contribution >= 4 is 38.6 Å². The molecule has 1 heterocycles. The molecule has 0 aliphatic carbocycles. The molecule has 0 radical (unpaired) electrons. The van der Waals surface area contributed by atoms with Crippen molar-refractivity contribution in [2.45, 2.75) is 19.4 Å². The minimum absolute atomic E-state index is 0.253. The van der Waals surface area contributed by atoms with Crippen LogP contribution in [-0.2, 0) is 4.79 Å². The zero-order valence-electron chi connectivity index (χ0n) is 16.0. The fourth-order valence-corrected chi connectivity index (χ4v) is 3.26. The minimum Gasteiger partial charge on any atom is -0.478 e. The summed E-state index contributed by atoms with van der Waals surface area (Å²) in [5.41, 5.74) is 1.78. The number of halogens is 1. The maximum absolute atomic E-state index is 12.8. The Labute approximate surface area is 176 Å². The van der Waals surface area contributed by atoms with E-state index in [-0.39, 0.29) is 5.91 Å². The Hall–Kier alpha value is -3.12. The average Bonchev–Trinajstić information content (AvgIpc) is 3.12. The monoisotopic (exact) mass is 450 g/mol. The third-order valence-electron chi connectivity index (χ3n) is 4.38. The van der Waals surface area contributed by atoms with E-state index in [1.807, 2.05) is 54.6 Å². The summed E-state index contributed by atoms with van der Waals surface area (Å²) in [6.45, 7) is 3.46. The molecule has 4 aromatic rings. The lowest BCUT2D eigenvalue weighted by molar-refractivity contribution is -0.128. The molecular weight excluding hydrogens is 432 g/mol. The third-order valence-corrected chi connectivity index (χ3v) is 4.87. The fourth-order valence-electron chi connectivity index (χ4n) is 2.86. The summed E-state index contributed by atoms with van der Waals surface area (Å²) < 4.78 is 12.6. The van der Waals surface area contributed by atoms with Gasteiger partial charge in [-0.3, -0.25) is 4.79 Å². The molecule has 0 atom stereocenters. The number of para-hydroxylation sites is 1. The summed E-state index contributed by atoms with van der Waals surface area (Å²) in [4.78, 5) is 17.3. The first-order chi connectivity index (χ1) is 13.9. The first-order valence-corrected chi connectivity index (χ1v) is 9.92. The molecule has 1 N–H and O–H groups in total. The molecule has 3 aromatic carbocycles. The molecule has 0 aliphatic rings. The van der Waals surface area contributed by atoms with Gasteiger partial charge in [-0.25, -0.2) is 4.98 Å². The van der Waals surface area contributed by atoms with Gasteiger partial charge in [-0.1, -0.05) is 40.2 Å². The van der Waals surface area contributed by atoms with Gasteiger partial charge in [0, 0.05) is 15.7 Å². The van der Waals surface area contributed by atoms with Gasteiger partial charge in [0.2, 0.25) is 5.89 Å². The number of aromatic nitrogens is 1. The molecule has 4 rings (SSSR count). The Kier molecular flexibility index (Phi) is 5.11. The van der Waals surface area contributed by atoms with Gasteiger partial charge >= 0.3 is 0 Å². The number of nitrogens with zero attached hydrogens (tertiary/aromatic N) is 1. The Morgan fingerprint density at radius 1 is 1.03 bits per heavy atom. The van der Waals surface area contributed by atoms with E-state index in [1.165, 1.54) is 0 Å². The molecule has 0 spiro atoms. The van der Waals surface area contributed by atoms with Gasteiger partial charge in [0.15, 0.2) is 11.2 Å². The van der Waals surface area contributed by atoms with E-state index in [9.17, 15) is 4.79 Å². The molecule has 0 aliphatic heterocycles. The van der Waals surface area contributed by atoms with Gasteiger partial charge in [-0.15, -0.1) is 0 Å². The largest absolute Gasteiger partial charge is 0.478 e. The predicted octanol–water partition coefficient (Wildman–Crippen LogP) is 6.05. The molecule has 5 nitrogen and oxygen atoms in total. The second kappa shape index (κ2) is 7.72. The van der Waals surface area contributed by atoms with Gasteiger partial charge in [0.25, 0.3) is 5.91 Å². The van der Waals surface area contributed by atoms with Gasteiger partial charge in [-0.05, 0) is 62.4 Å². The molecule has 146 valence electrons. The normalized spacial score (nSPS) is 11.4. The number of carbonyl (C=O) groups is 1. The number of hydrogen-bond donors (Lipinski definition) is 1. The Morgan fingerprint density at radius 3 is 2.59 bits per heavy atom. The standard InChI is InChI=1S/C23H19BrN2O3/c1-23(2,29-18-9-4-3-5-10-18)22(27)25-17-11-12-20-19(14-17)26-21(28-20)15-7-6-8-16(24)13-15/h3-14H,1-2H3,(H,25,27). The highest BCUT2D eigenvalue weighted by molar-refractivity contribution is 9.10. The van der Waals surface area contributed by atoms with Gasteiger partial charge in [0.05, 0.1) is 0 Å². The van der Waals surface area contributed by atoms with Crippen LogP contribution in [0, 0.1) is 0 Å². The van der Waals surface area contributed by atoms with Crippen LogP contribution in [0.5, 0.6) is 5.75 Å². The Balaban J connectivity index is 1.54. The number of benzene rings is 3. The lowest BCUT2D eigenvalue weighted by atomic mass is 10.1. The number of anilines is 1. The number of carbonyl (C=O) groups excluding carboxylic acids is 1. The van der Waals surface area contributed by atoms with Crippen LogP contribution in [0.25, 0.3) is 22.6 Å². The molecule has 1 aromatic heterocycles. The first-order valence-electron chi connectivity index (χ1n) is 9.13. The zero-order valence-corrected chi connectivity index (χ0v) is 17.6. The van der Waals surface area contributed by atoms with Crippen LogP contribution in [0.3, 0.4) is 0 Å². The van der Waals surface area contributed by atoms with E-state index < -0.39 is 5.60 Å². The lowest BCUT2D eigenvalue weighted by Gasteiger charge is -2.25. The molecule has 0 bridgehead atoms. The topological polar surface area (TPSA) is 64.4 Å². The van der Waals surface area contributed by atoms with Crippen LogP contribution >= 0.6 is 15.9 Å². The van der Waals surface area contributed by atoms with Crippen molar-refractivity contribution in [3.63, 3.8) is 0 Å². The van der Waals surface area contributed by atoms with Crippen LogP contribution in [0.1, 0.15) is 13.8 Å². The number of oxazole rings is 1. The summed E-state index contributed by atoms with van der Waals surface area (Å²) in [5.74, 6) is 0.909. The van der Waals surface area contributed by atoms with Crippen LogP contribution in [0.15, 0.2) is 81.7 Å². The molecule has 29 heavy (non-hydrogen) atoms. The third kappa shape index (κ3) is 4.32. The second-order valence-corrected chi connectivity index (χ2v) is 8.01. The van der Waals surface area contributed by atoms with Crippen molar-refractivity contribution in [1.82, 2.24) is 4.98 Å². The number of hydrogen-bond acceptors (Lipinski definition) is 4. The SMILES string of the molecule is CC(C)(Oc1ccccc1)C(=O)Nc1ccc2oc(-c3cccc(Br)c3)nc2c1. The van der Waals surface area contributed by atoms with Crippen molar-refractivity contribution in [3.05, 3.63) is 77.3 Å². The smallest absolute Gasteiger partial charge is 0.267 e. The molecular formula is C23H19BrN2O3. The van der Waals surface area contributed by atoms with Crippen molar-refractivity contribution < 1.29 is 13.9 Å². The summed E-state index contributed by atoms with van der Waals surface area (Å²) in [6, 6.07) is 22.4. The molecule has 0 unspecified atom stereocenters.